The van der Waals surface area contributed by atoms with Gasteiger partial charge in [0.1, 0.15) is 0 Å². The number of rotatable bonds is 6. The Hall–Kier alpha value is -1.14. The molecule has 6 heteroatoms. The van der Waals surface area contributed by atoms with Gasteiger partial charge in [-0.1, -0.05) is 0 Å². The highest BCUT2D eigenvalue weighted by molar-refractivity contribution is 5.82. The zero-order valence-electron chi connectivity index (χ0n) is 11.9. The van der Waals surface area contributed by atoms with E-state index in [1.807, 2.05) is 0 Å². The van der Waals surface area contributed by atoms with Gasteiger partial charge in [-0.15, -0.1) is 0 Å². The molecular weight excluding hydrogens is 246 g/mol. The summed E-state index contributed by atoms with van der Waals surface area (Å²) < 4.78 is 4.95. The van der Waals surface area contributed by atoms with Crippen molar-refractivity contribution in [3.8, 4) is 0 Å². The molecule has 1 aliphatic rings. The van der Waals surface area contributed by atoms with E-state index in [0.29, 0.717) is 26.1 Å². The number of carbonyl (C=O) groups excluding carboxylic acids is 2. The molecule has 0 aliphatic carbocycles. The Morgan fingerprint density at radius 2 is 2.05 bits per heavy atom. The molecule has 19 heavy (non-hydrogen) atoms. The van der Waals surface area contributed by atoms with Crippen molar-refractivity contribution in [1.29, 1.82) is 0 Å². The van der Waals surface area contributed by atoms with Crippen molar-refractivity contribution < 1.29 is 14.3 Å². The summed E-state index contributed by atoms with van der Waals surface area (Å²) in [5.41, 5.74) is 5.88. The van der Waals surface area contributed by atoms with Crippen LogP contribution < -0.4 is 11.1 Å². The lowest BCUT2D eigenvalue weighted by molar-refractivity contribution is -0.136. The van der Waals surface area contributed by atoms with Crippen molar-refractivity contribution in [2.45, 2.75) is 31.7 Å². The van der Waals surface area contributed by atoms with Crippen molar-refractivity contribution in [2.24, 2.45) is 11.7 Å². The van der Waals surface area contributed by atoms with E-state index < -0.39 is 6.04 Å². The molecule has 1 unspecified atom stereocenters. The van der Waals surface area contributed by atoms with Gasteiger partial charge in [-0.3, -0.25) is 9.59 Å². The van der Waals surface area contributed by atoms with Crippen molar-refractivity contribution in [2.75, 3.05) is 33.9 Å². The lowest BCUT2D eigenvalue weighted by atomic mass is 9.95. The van der Waals surface area contributed by atoms with Crippen LogP contribution in [0.4, 0.5) is 0 Å². The summed E-state index contributed by atoms with van der Waals surface area (Å²) in [6.07, 6.45) is 2.87. The molecule has 1 fully saturated rings. The van der Waals surface area contributed by atoms with Gasteiger partial charge in [0, 0.05) is 39.8 Å². The molecule has 2 amide bonds. The van der Waals surface area contributed by atoms with E-state index in [9.17, 15) is 9.59 Å². The number of amides is 2. The summed E-state index contributed by atoms with van der Waals surface area (Å²) in [5.74, 6) is 0.0849. The number of methoxy groups -OCH3 is 1. The van der Waals surface area contributed by atoms with Gasteiger partial charge in [0.25, 0.3) is 0 Å². The summed E-state index contributed by atoms with van der Waals surface area (Å²) in [5, 5.41) is 2.65. The van der Waals surface area contributed by atoms with E-state index in [-0.39, 0.29) is 17.7 Å². The van der Waals surface area contributed by atoms with Crippen LogP contribution in [0.15, 0.2) is 0 Å². The van der Waals surface area contributed by atoms with Crippen LogP contribution in [-0.2, 0) is 14.3 Å². The third-order valence-corrected chi connectivity index (χ3v) is 3.60. The van der Waals surface area contributed by atoms with Gasteiger partial charge < -0.3 is 20.7 Å². The average Bonchev–Trinajstić information content (AvgIpc) is 2.46. The number of ether oxygens (including phenoxy) is 1. The van der Waals surface area contributed by atoms with Gasteiger partial charge in [-0.25, -0.2) is 0 Å². The van der Waals surface area contributed by atoms with Gasteiger partial charge in [0.15, 0.2) is 0 Å². The first-order valence-corrected chi connectivity index (χ1v) is 6.85. The van der Waals surface area contributed by atoms with Crippen LogP contribution in [-0.4, -0.2) is 56.6 Å². The first-order chi connectivity index (χ1) is 9.10. The maximum Gasteiger partial charge on any atom is 0.239 e. The standard InChI is InChI=1S/C13H25N3O3/c1-15-12(17)10-5-7-16(8-6-10)13(18)11(14)4-3-9-19-2/h10-11H,3-9,14H2,1-2H3,(H,15,17). The number of nitrogens with zero attached hydrogens (tertiary/aromatic N) is 1. The molecule has 3 N–H and O–H groups in total. The SMILES string of the molecule is CNC(=O)C1CCN(C(=O)C(N)CCCOC)CC1. The minimum Gasteiger partial charge on any atom is -0.385 e. The third kappa shape index (κ3) is 4.80. The molecule has 1 saturated heterocycles. The first kappa shape index (κ1) is 15.9. The highest BCUT2D eigenvalue weighted by atomic mass is 16.5. The third-order valence-electron chi connectivity index (χ3n) is 3.60. The number of carbonyl (C=O) groups is 2. The fourth-order valence-electron chi connectivity index (χ4n) is 2.37. The Morgan fingerprint density at radius 1 is 1.42 bits per heavy atom. The van der Waals surface area contributed by atoms with Crippen LogP contribution in [0, 0.1) is 5.92 Å². The highest BCUT2D eigenvalue weighted by Crippen LogP contribution is 2.18. The quantitative estimate of drug-likeness (QED) is 0.651. The van der Waals surface area contributed by atoms with Crippen molar-refractivity contribution in [3.05, 3.63) is 0 Å². The highest BCUT2D eigenvalue weighted by Gasteiger charge is 2.28. The predicted molar refractivity (Wildman–Crippen MR) is 72.5 cm³/mol. The largest absolute Gasteiger partial charge is 0.385 e. The molecule has 0 bridgehead atoms. The van der Waals surface area contributed by atoms with Crippen LogP contribution in [0.1, 0.15) is 25.7 Å². The minimum absolute atomic E-state index is 0.00791. The van der Waals surface area contributed by atoms with E-state index in [2.05, 4.69) is 5.32 Å². The fraction of sp³-hybridized carbons (Fsp3) is 0.846. The average molecular weight is 271 g/mol. The summed E-state index contributed by atoms with van der Waals surface area (Å²) in [6, 6.07) is -0.452. The van der Waals surface area contributed by atoms with Gasteiger partial charge >= 0.3 is 0 Å². The lowest BCUT2D eigenvalue weighted by Gasteiger charge is -2.32. The van der Waals surface area contributed by atoms with Gasteiger partial charge in [0.05, 0.1) is 6.04 Å². The summed E-state index contributed by atoms with van der Waals surface area (Å²) in [4.78, 5) is 25.4. The van der Waals surface area contributed by atoms with E-state index in [0.717, 1.165) is 19.3 Å². The molecule has 0 aromatic rings. The fourth-order valence-corrected chi connectivity index (χ4v) is 2.37. The summed E-state index contributed by atoms with van der Waals surface area (Å²) in [6.45, 7) is 1.86. The number of hydrogen-bond acceptors (Lipinski definition) is 4. The predicted octanol–water partition coefficient (Wildman–Crippen LogP) is -0.275. The summed E-state index contributed by atoms with van der Waals surface area (Å²) in [7, 11) is 3.28. The minimum atomic E-state index is -0.452. The van der Waals surface area contributed by atoms with E-state index in [1.165, 1.54) is 0 Å². The molecule has 1 aliphatic heterocycles. The van der Waals surface area contributed by atoms with Gasteiger partial charge in [-0.05, 0) is 25.7 Å². The molecule has 0 aromatic carbocycles. The van der Waals surface area contributed by atoms with Gasteiger partial charge in [0.2, 0.25) is 11.8 Å². The summed E-state index contributed by atoms with van der Waals surface area (Å²) >= 11 is 0. The molecule has 6 nitrogen and oxygen atoms in total. The zero-order chi connectivity index (χ0) is 14.3. The Kier molecular flexibility index (Phi) is 6.80. The zero-order valence-corrected chi connectivity index (χ0v) is 11.9. The monoisotopic (exact) mass is 271 g/mol. The molecule has 0 saturated carbocycles. The van der Waals surface area contributed by atoms with E-state index >= 15 is 0 Å². The molecule has 1 atom stereocenters. The van der Waals surface area contributed by atoms with Crippen LogP contribution in [0.3, 0.4) is 0 Å². The maximum absolute atomic E-state index is 12.1. The Labute approximate surface area is 114 Å². The first-order valence-electron chi connectivity index (χ1n) is 6.85. The van der Waals surface area contributed by atoms with Crippen LogP contribution in [0.25, 0.3) is 0 Å². The second-order valence-electron chi connectivity index (χ2n) is 4.96. The number of hydrogen-bond donors (Lipinski definition) is 2. The lowest BCUT2D eigenvalue weighted by Crippen LogP contribution is -2.48. The van der Waals surface area contributed by atoms with E-state index in [1.54, 1.807) is 19.1 Å². The Morgan fingerprint density at radius 3 is 2.58 bits per heavy atom. The number of nitrogens with two attached hydrogens (primary N) is 1. The molecule has 1 heterocycles. The van der Waals surface area contributed by atoms with Crippen molar-refractivity contribution >= 4 is 11.8 Å². The van der Waals surface area contributed by atoms with Crippen LogP contribution >= 0.6 is 0 Å². The molecule has 0 radical (unpaired) electrons. The smallest absolute Gasteiger partial charge is 0.239 e. The van der Waals surface area contributed by atoms with Crippen LogP contribution in [0.2, 0.25) is 0 Å². The Bertz CT molecular complexity index is 302. The van der Waals surface area contributed by atoms with Gasteiger partial charge in [-0.2, -0.15) is 0 Å². The maximum atomic E-state index is 12.1. The molecular formula is C13H25N3O3. The topological polar surface area (TPSA) is 84.7 Å². The second-order valence-corrected chi connectivity index (χ2v) is 4.96. The number of nitrogens with one attached hydrogen (secondary N) is 1. The number of likely N-dealkylation sites (tertiary alicyclic amines) is 1. The molecule has 1 rings (SSSR count). The van der Waals surface area contributed by atoms with E-state index in [4.69, 9.17) is 10.5 Å². The molecule has 0 spiro atoms. The van der Waals surface area contributed by atoms with Crippen molar-refractivity contribution in [1.82, 2.24) is 10.2 Å². The van der Waals surface area contributed by atoms with Crippen molar-refractivity contribution in [3.63, 3.8) is 0 Å². The Balaban J connectivity index is 2.33. The second kappa shape index (κ2) is 8.12. The number of piperidine rings is 1. The molecule has 110 valence electrons. The normalized spacial score (nSPS) is 18.2. The van der Waals surface area contributed by atoms with Crippen LogP contribution in [0.5, 0.6) is 0 Å². The molecule has 0 aromatic heterocycles.